The highest BCUT2D eigenvalue weighted by Gasteiger charge is 2.31. The van der Waals surface area contributed by atoms with Crippen molar-refractivity contribution >= 4 is 21.6 Å². The lowest BCUT2D eigenvalue weighted by molar-refractivity contribution is -0.119. The van der Waals surface area contributed by atoms with Gasteiger partial charge in [-0.15, -0.1) is 0 Å². The van der Waals surface area contributed by atoms with Gasteiger partial charge in [-0.3, -0.25) is 14.2 Å². The zero-order valence-electron chi connectivity index (χ0n) is 17.6. The van der Waals surface area contributed by atoms with Gasteiger partial charge < -0.3 is 5.32 Å². The molecule has 1 amide bonds. The van der Waals surface area contributed by atoms with E-state index in [1.54, 1.807) is 26.0 Å². The molecule has 7 nitrogen and oxygen atoms in total. The highest BCUT2D eigenvalue weighted by atomic mass is 32.2. The second kappa shape index (κ2) is 8.71. The monoisotopic (exact) mass is 426 g/mol. The average molecular weight is 427 g/mol. The highest BCUT2D eigenvalue weighted by molar-refractivity contribution is 7.93. The van der Waals surface area contributed by atoms with Crippen molar-refractivity contribution in [2.24, 2.45) is 0 Å². The molecule has 2 N–H and O–H groups in total. The van der Waals surface area contributed by atoms with Crippen molar-refractivity contribution in [1.82, 2.24) is 15.5 Å². The van der Waals surface area contributed by atoms with Gasteiger partial charge in [-0.25, -0.2) is 8.42 Å². The molecule has 0 atom stereocenters. The van der Waals surface area contributed by atoms with E-state index >= 15 is 0 Å². The number of aromatic nitrogens is 2. The predicted octanol–water partition coefficient (Wildman–Crippen LogP) is 3.16. The highest BCUT2D eigenvalue weighted by Crippen LogP contribution is 2.27. The first-order valence-corrected chi connectivity index (χ1v) is 11.1. The Labute approximate surface area is 177 Å². The summed E-state index contributed by atoms with van der Waals surface area (Å²) in [7, 11) is -3.99. The molecule has 0 spiro atoms. The van der Waals surface area contributed by atoms with Crippen LogP contribution >= 0.6 is 0 Å². The topological polar surface area (TPSA) is 95.2 Å². The maximum absolute atomic E-state index is 13.5. The molecule has 0 bridgehead atoms. The molecule has 2 aromatic carbocycles. The maximum Gasteiger partial charge on any atom is 0.268 e. The Hall–Kier alpha value is -3.13. The second-order valence-electron chi connectivity index (χ2n) is 7.37. The number of aryl methyl sites for hydroxylation is 4. The van der Waals surface area contributed by atoms with Gasteiger partial charge in [-0.1, -0.05) is 47.5 Å². The Balaban J connectivity index is 1.87. The lowest BCUT2D eigenvalue weighted by atomic mass is 10.1. The number of sulfonamides is 1. The van der Waals surface area contributed by atoms with Gasteiger partial charge in [0.25, 0.3) is 10.0 Å². The summed E-state index contributed by atoms with van der Waals surface area (Å²) in [6, 6.07) is 14.8. The van der Waals surface area contributed by atoms with Gasteiger partial charge in [-0.2, -0.15) is 5.10 Å². The Kier molecular flexibility index (Phi) is 6.26. The van der Waals surface area contributed by atoms with E-state index in [1.165, 1.54) is 0 Å². The third kappa shape index (κ3) is 4.71. The Morgan fingerprint density at radius 1 is 0.967 bits per heavy atom. The molecule has 0 aliphatic carbocycles. The van der Waals surface area contributed by atoms with Crippen LogP contribution in [0.3, 0.4) is 0 Å². The van der Waals surface area contributed by atoms with Crippen molar-refractivity contribution in [3.8, 4) is 0 Å². The summed E-state index contributed by atoms with van der Waals surface area (Å²) in [6.07, 6.45) is 0. The van der Waals surface area contributed by atoms with Gasteiger partial charge >= 0.3 is 0 Å². The number of anilines is 1. The fraction of sp³-hybridized carbons (Fsp3) is 0.273. The molecular weight excluding hydrogens is 400 g/mol. The van der Waals surface area contributed by atoms with Crippen molar-refractivity contribution in [2.75, 3.05) is 10.8 Å². The number of aromatic amines is 1. The molecule has 0 fully saturated rings. The molecule has 0 saturated heterocycles. The lowest BCUT2D eigenvalue weighted by Gasteiger charge is -2.24. The average Bonchev–Trinajstić information content (AvgIpc) is 3.05. The largest absolute Gasteiger partial charge is 0.350 e. The van der Waals surface area contributed by atoms with Crippen molar-refractivity contribution < 1.29 is 13.2 Å². The van der Waals surface area contributed by atoms with E-state index in [0.29, 0.717) is 23.6 Å². The third-order valence-corrected chi connectivity index (χ3v) is 6.87. The Morgan fingerprint density at radius 3 is 2.07 bits per heavy atom. The second-order valence-corrected chi connectivity index (χ2v) is 9.17. The number of amides is 1. The van der Waals surface area contributed by atoms with Crippen LogP contribution in [-0.4, -0.2) is 31.1 Å². The van der Waals surface area contributed by atoms with Crippen LogP contribution in [0.25, 0.3) is 0 Å². The SMILES string of the molecule is Cc1ccc(CNC(=O)CN(c2ccc(C)cc2)S(=O)(=O)c2c(C)n[nH]c2C)cc1. The van der Waals surface area contributed by atoms with Crippen LogP contribution in [0, 0.1) is 27.7 Å². The van der Waals surface area contributed by atoms with Crippen LogP contribution in [0.5, 0.6) is 0 Å². The molecule has 1 heterocycles. The standard InChI is InChI=1S/C22H26N4O3S/c1-15-5-9-19(10-6-15)13-23-21(27)14-26(20-11-7-16(2)8-12-20)30(28,29)22-17(3)24-25-18(22)4/h5-12H,13-14H2,1-4H3,(H,23,27)(H,24,25). The number of nitrogens with one attached hydrogen (secondary N) is 2. The molecule has 30 heavy (non-hydrogen) atoms. The third-order valence-electron chi connectivity index (χ3n) is 4.83. The smallest absolute Gasteiger partial charge is 0.268 e. The fourth-order valence-electron chi connectivity index (χ4n) is 3.15. The van der Waals surface area contributed by atoms with Crippen LogP contribution in [0.15, 0.2) is 53.4 Å². The van der Waals surface area contributed by atoms with Gasteiger partial charge in [0.15, 0.2) is 0 Å². The molecule has 1 aromatic heterocycles. The lowest BCUT2D eigenvalue weighted by Crippen LogP contribution is -2.41. The number of hydrogen-bond acceptors (Lipinski definition) is 4. The van der Waals surface area contributed by atoms with Gasteiger partial charge in [-0.05, 0) is 45.4 Å². The predicted molar refractivity (Wildman–Crippen MR) is 117 cm³/mol. The van der Waals surface area contributed by atoms with E-state index in [1.807, 2.05) is 50.2 Å². The maximum atomic E-state index is 13.5. The molecule has 3 aromatic rings. The fourth-order valence-corrected chi connectivity index (χ4v) is 4.91. The van der Waals surface area contributed by atoms with Crippen LogP contribution < -0.4 is 9.62 Å². The molecule has 0 saturated carbocycles. The first-order valence-electron chi connectivity index (χ1n) is 9.61. The number of carbonyl (C=O) groups excluding carboxylic acids is 1. The number of hydrogen-bond donors (Lipinski definition) is 2. The molecule has 8 heteroatoms. The van der Waals surface area contributed by atoms with E-state index < -0.39 is 15.9 Å². The van der Waals surface area contributed by atoms with E-state index in [4.69, 9.17) is 0 Å². The minimum atomic E-state index is -3.99. The zero-order valence-corrected chi connectivity index (χ0v) is 18.4. The summed E-state index contributed by atoms with van der Waals surface area (Å²) in [6.45, 7) is 7.18. The first-order chi connectivity index (χ1) is 14.2. The minimum Gasteiger partial charge on any atom is -0.350 e. The van der Waals surface area contributed by atoms with Crippen molar-refractivity contribution in [3.63, 3.8) is 0 Å². The van der Waals surface area contributed by atoms with Crippen molar-refractivity contribution in [3.05, 3.63) is 76.6 Å². The van der Waals surface area contributed by atoms with E-state index in [-0.39, 0.29) is 11.4 Å². The van der Waals surface area contributed by atoms with Crippen LogP contribution in [0.2, 0.25) is 0 Å². The van der Waals surface area contributed by atoms with Crippen molar-refractivity contribution in [1.29, 1.82) is 0 Å². The Morgan fingerprint density at radius 2 is 1.53 bits per heavy atom. The molecular formula is C22H26N4O3S. The van der Waals surface area contributed by atoms with E-state index in [9.17, 15) is 13.2 Å². The first kappa shape index (κ1) is 21.6. The van der Waals surface area contributed by atoms with Gasteiger partial charge in [0.2, 0.25) is 5.91 Å². The summed E-state index contributed by atoms with van der Waals surface area (Å²) in [5.74, 6) is -0.390. The number of carbonyl (C=O) groups is 1. The number of benzene rings is 2. The van der Waals surface area contributed by atoms with Gasteiger partial charge in [0.1, 0.15) is 11.4 Å². The molecule has 0 aliphatic heterocycles. The number of nitrogens with zero attached hydrogens (tertiary/aromatic N) is 2. The quantitative estimate of drug-likeness (QED) is 0.607. The summed E-state index contributed by atoms with van der Waals surface area (Å²) < 4.78 is 28.0. The summed E-state index contributed by atoms with van der Waals surface area (Å²) in [4.78, 5) is 12.8. The van der Waals surface area contributed by atoms with Crippen LogP contribution in [0.4, 0.5) is 5.69 Å². The summed E-state index contributed by atoms with van der Waals surface area (Å²) >= 11 is 0. The molecule has 0 unspecified atom stereocenters. The van der Waals surface area contributed by atoms with Gasteiger partial charge in [0, 0.05) is 6.54 Å². The normalized spacial score (nSPS) is 11.3. The summed E-state index contributed by atoms with van der Waals surface area (Å²) in [5, 5.41) is 9.52. The number of rotatable bonds is 7. The Bertz CT molecular complexity index is 1110. The molecule has 0 aliphatic rings. The van der Waals surface area contributed by atoms with Crippen LogP contribution in [-0.2, 0) is 21.4 Å². The summed E-state index contributed by atoms with van der Waals surface area (Å²) in [5.41, 5.74) is 4.30. The van der Waals surface area contributed by atoms with E-state index in [2.05, 4.69) is 15.5 Å². The molecule has 0 radical (unpaired) electrons. The molecule has 158 valence electrons. The van der Waals surface area contributed by atoms with E-state index in [0.717, 1.165) is 21.0 Å². The van der Waals surface area contributed by atoms with Crippen molar-refractivity contribution in [2.45, 2.75) is 39.1 Å². The van der Waals surface area contributed by atoms with Gasteiger partial charge in [0.05, 0.1) is 17.1 Å². The zero-order chi connectivity index (χ0) is 21.9. The number of H-pyrrole nitrogens is 1. The van der Waals surface area contributed by atoms with Crippen LogP contribution in [0.1, 0.15) is 28.1 Å². The molecule has 3 rings (SSSR count). The minimum absolute atomic E-state index is 0.0920.